The van der Waals surface area contributed by atoms with Gasteiger partial charge in [0.05, 0.1) is 31.1 Å². The van der Waals surface area contributed by atoms with Crippen molar-refractivity contribution in [1.82, 2.24) is 19.5 Å². The summed E-state index contributed by atoms with van der Waals surface area (Å²) >= 11 is 0. The summed E-state index contributed by atoms with van der Waals surface area (Å²) in [5.41, 5.74) is 1.43. The number of carbonyl (C=O) groups is 1. The second-order valence-corrected chi connectivity index (χ2v) is 11.7. The summed E-state index contributed by atoms with van der Waals surface area (Å²) in [5, 5.41) is 10.7. The van der Waals surface area contributed by atoms with Crippen molar-refractivity contribution in [3.05, 3.63) is 47.0 Å². The normalized spacial score (nSPS) is 25.1. The Kier molecular flexibility index (Phi) is 8.59. The van der Waals surface area contributed by atoms with Crippen LogP contribution in [-0.2, 0) is 23.4 Å². The number of benzene rings is 1. The molecule has 13 nitrogen and oxygen atoms in total. The van der Waals surface area contributed by atoms with Crippen LogP contribution in [0, 0.1) is 5.92 Å². The number of carbonyl (C=O) groups excluding carboxylic acids is 1. The smallest absolute Gasteiger partial charge is 0.380 e. The molecule has 1 saturated heterocycles. The number of esters is 1. The number of halogens is 2. The highest BCUT2D eigenvalue weighted by atomic mass is 31.2. The predicted octanol–water partition coefficient (Wildman–Crippen LogP) is 2.51. The minimum Gasteiger partial charge on any atom is -0.463 e. The first kappa shape index (κ1) is 29.6. The van der Waals surface area contributed by atoms with E-state index in [-0.39, 0.29) is 22.9 Å². The number of nitrogens with one attached hydrogen (secondary N) is 1. The van der Waals surface area contributed by atoms with Crippen LogP contribution < -0.4 is 15.8 Å². The van der Waals surface area contributed by atoms with Gasteiger partial charge in [-0.2, -0.15) is 4.98 Å². The van der Waals surface area contributed by atoms with Gasteiger partial charge in [0.2, 0.25) is 11.6 Å². The molecular weight excluding hydrogens is 555 g/mol. The first-order valence-electron chi connectivity index (χ1n) is 12.4. The van der Waals surface area contributed by atoms with Crippen LogP contribution in [-0.4, -0.2) is 74.0 Å². The summed E-state index contributed by atoms with van der Waals surface area (Å²) in [5.74, 6) is -1.69. The standard InChI is InChI=1S/C24H30F2N5O8P/c1-13(2)37-21(34)14(3)10-40(35,39-15-7-5-4-6-8-15)36-9-16-18(32)24(26,11-25)22(38-16)31-12-28-17-19(31)29-23(27)30-20(17)33/h4-8,12-14,16,18,22,32H,9-11H2,1-3H3,(H3,27,29,30,33)/t14-,16-,18+,22-,24?,40+/m1/s1. The molecule has 0 aliphatic carbocycles. The van der Waals surface area contributed by atoms with Gasteiger partial charge in [-0.1, -0.05) is 25.1 Å². The van der Waals surface area contributed by atoms with Gasteiger partial charge < -0.3 is 24.8 Å². The number of aromatic nitrogens is 4. The van der Waals surface area contributed by atoms with E-state index in [0.29, 0.717) is 0 Å². The zero-order valence-corrected chi connectivity index (χ0v) is 22.8. The van der Waals surface area contributed by atoms with Crippen molar-refractivity contribution in [2.75, 3.05) is 25.2 Å². The summed E-state index contributed by atoms with van der Waals surface area (Å²) in [4.78, 5) is 34.6. The number of nitrogens with zero attached hydrogens (tertiary/aromatic N) is 3. The average Bonchev–Trinajstić information content (AvgIpc) is 3.42. The zero-order chi connectivity index (χ0) is 29.2. The number of alkyl halides is 2. The van der Waals surface area contributed by atoms with Crippen molar-refractivity contribution in [2.24, 2.45) is 5.92 Å². The third-order valence-electron chi connectivity index (χ3n) is 6.14. The fourth-order valence-electron chi connectivity index (χ4n) is 4.20. The molecule has 16 heteroatoms. The van der Waals surface area contributed by atoms with Gasteiger partial charge in [0.25, 0.3) is 5.56 Å². The van der Waals surface area contributed by atoms with E-state index in [2.05, 4.69) is 15.0 Å². The Morgan fingerprint density at radius 1 is 1.32 bits per heavy atom. The number of fused-ring (bicyclic) bond motifs is 1. The van der Waals surface area contributed by atoms with E-state index in [4.69, 9.17) is 24.3 Å². The molecule has 4 N–H and O–H groups in total. The Bertz CT molecular complexity index is 1450. The van der Waals surface area contributed by atoms with Crippen molar-refractivity contribution in [3.63, 3.8) is 0 Å². The molecular formula is C24H30F2N5O8P. The van der Waals surface area contributed by atoms with Gasteiger partial charge in [0.1, 0.15) is 24.6 Å². The fraction of sp³-hybridized carbons (Fsp3) is 0.500. The van der Waals surface area contributed by atoms with E-state index >= 15 is 4.39 Å². The lowest BCUT2D eigenvalue weighted by Crippen LogP contribution is -2.45. The van der Waals surface area contributed by atoms with Crippen molar-refractivity contribution in [3.8, 4) is 5.75 Å². The van der Waals surface area contributed by atoms with Gasteiger partial charge in [-0.05, 0) is 26.0 Å². The van der Waals surface area contributed by atoms with Crippen LogP contribution in [0.3, 0.4) is 0 Å². The summed E-state index contributed by atoms with van der Waals surface area (Å²) < 4.78 is 66.7. The number of hydrogen-bond acceptors (Lipinski definition) is 11. The van der Waals surface area contributed by atoms with E-state index in [1.165, 1.54) is 19.1 Å². The first-order valence-corrected chi connectivity index (χ1v) is 14.1. The lowest BCUT2D eigenvalue weighted by molar-refractivity contribution is -0.151. The molecule has 1 fully saturated rings. The number of nitrogens with two attached hydrogens (primary N) is 1. The highest BCUT2D eigenvalue weighted by molar-refractivity contribution is 7.54. The summed E-state index contributed by atoms with van der Waals surface area (Å²) in [6.45, 7) is 2.40. The van der Waals surface area contributed by atoms with Crippen molar-refractivity contribution >= 4 is 30.7 Å². The molecule has 1 unspecified atom stereocenters. The molecule has 4 rings (SSSR count). The number of para-hydroxylation sites is 1. The summed E-state index contributed by atoms with van der Waals surface area (Å²) in [6.07, 6.45) is -5.32. The van der Waals surface area contributed by atoms with Crippen LogP contribution in [0.5, 0.6) is 5.75 Å². The fourth-order valence-corrected chi connectivity index (χ4v) is 6.07. The third kappa shape index (κ3) is 6.02. The molecule has 0 spiro atoms. The lowest BCUT2D eigenvalue weighted by Gasteiger charge is -2.26. The van der Waals surface area contributed by atoms with E-state index in [9.17, 15) is 23.7 Å². The Balaban J connectivity index is 1.58. The average molecular weight is 586 g/mol. The maximum absolute atomic E-state index is 15.9. The highest BCUT2D eigenvalue weighted by Gasteiger charge is 2.59. The Labute approximate surface area is 227 Å². The van der Waals surface area contributed by atoms with Gasteiger partial charge >= 0.3 is 13.6 Å². The topological polar surface area (TPSA) is 181 Å². The van der Waals surface area contributed by atoms with Crippen LogP contribution in [0.1, 0.15) is 27.0 Å². The number of anilines is 1. The van der Waals surface area contributed by atoms with Crippen molar-refractivity contribution in [1.29, 1.82) is 0 Å². The molecule has 1 aliphatic rings. The molecule has 3 aromatic rings. The maximum atomic E-state index is 15.9. The van der Waals surface area contributed by atoms with Gasteiger partial charge in [-0.15, -0.1) is 0 Å². The van der Waals surface area contributed by atoms with E-state index in [1.54, 1.807) is 32.0 Å². The largest absolute Gasteiger partial charge is 0.463 e. The van der Waals surface area contributed by atoms with Crippen LogP contribution in [0.2, 0.25) is 0 Å². The number of nitrogen functional groups attached to an aromatic ring is 1. The molecule has 1 aliphatic heterocycles. The van der Waals surface area contributed by atoms with Gasteiger partial charge in [-0.25, -0.2) is 18.3 Å². The Morgan fingerprint density at radius 3 is 2.67 bits per heavy atom. The number of ether oxygens (including phenoxy) is 2. The number of hydrogen-bond donors (Lipinski definition) is 3. The van der Waals surface area contributed by atoms with Crippen LogP contribution in [0.4, 0.5) is 14.7 Å². The third-order valence-corrected chi connectivity index (χ3v) is 8.17. The minimum atomic E-state index is -4.16. The number of imidazole rings is 1. The number of aliphatic hydroxyl groups excluding tert-OH is 1. The lowest BCUT2D eigenvalue weighted by atomic mass is 9.97. The minimum absolute atomic E-state index is 0.170. The van der Waals surface area contributed by atoms with E-state index in [0.717, 1.165) is 10.9 Å². The van der Waals surface area contributed by atoms with Crippen LogP contribution in [0.15, 0.2) is 41.5 Å². The second-order valence-electron chi connectivity index (χ2n) is 9.69. The van der Waals surface area contributed by atoms with Crippen molar-refractivity contribution < 1.29 is 41.8 Å². The zero-order valence-electron chi connectivity index (χ0n) is 21.9. The van der Waals surface area contributed by atoms with Gasteiger partial charge in [0.15, 0.2) is 17.4 Å². The first-order chi connectivity index (χ1) is 18.9. The number of H-pyrrole nitrogens is 1. The molecule has 2 aromatic heterocycles. The quantitative estimate of drug-likeness (QED) is 0.222. The molecule has 0 amide bonds. The predicted molar refractivity (Wildman–Crippen MR) is 138 cm³/mol. The molecule has 0 bridgehead atoms. The van der Waals surface area contributed by atoms with E-state index < -0.39 is 74.7 Å². The monoisotopic (exact) mass is 585 g/mol. The number of aromatic amines is 1. The number of rotatable bonds is 11. The summed E-state index contributed by atoms with van der Waals surface area (Å²) in [7, 11) is -4.16. The molecule has 218 valence electrons. The Hall–Kier alpha value is -3.39. The second kappa shape index (κ2) is 11.6. The maximum Gasteiger partial charge on any atom is 0.380 e. The number of aliphatic hydroxyl groups is 1. The molecule has 3 heterocycles. The molecule has 6 atom stereocenters. The SMILES string of the molecule is CC(C)OC(=O)[C@H](C)C[P@](=O)(OC[C@H]1O[C@@H](n2cnc3c(=O)[nH]c(N)nc32)C(F)(CF)[C@H]1O)Oc1ccccc1. The van der Waals surface area contributed by atoms with Crippen LogP contribution >= 0.6 is 7.60 Å². The molecule has 0 radical (unpaired) electrons. The molecule has 1 aromatic carbocycles. The van der Waals surface area contributed by atoms with Gasteiger partial charge in [0, 0.05) is 0 Å². The molecule has 0 saturated carbocycles. The van der Waals surface area contributed by atoms with Gasteiger partial charge in [-0.3, -0.25) is 23.7 Å². The van der Waals surface area contributed by atoms with E-state index in [1.807, 2.05) is 0 Å². The molecule has 40 heavy (non-hydrogen) atoms. The van der Waals surface area contributed by atoms with Crippen LogP contribution in [0.25, 0.3) is 11.2 Å². The Morgan fingerprint density at radius 2 is 2.02 bits per heavy atom. The summed E-state index contributed by atoms with van der Waals surface area (Å²) in [6, 6.07) is 8.00. The highest BCUT2D eigenvalue weighted by Crippen LogP contribution is 2.51. The van der Waals surface area contributed by atoms with Crippen molar-refractivity contribution in [2.45, 2.75) is 51.0 Å².